The second kappa shape index (κ2) is 5.06. The molecule has 0 saturated heterocycles. The van der Waals surface area contributed by atoms with Gasteiger partial charge < -0.3 is 10.2 Å². The highest BCUT2D eigenvalue weighted by atomic mass is 79.9. The first-order valence-electron chi connectivity index (χ1n) is 5.11. The van der Waals surface area contributed by atoms with E-state index in [1.807, 2.05) is 24.3 Å². The van der Waals surface area contributed by atoms with E-state index in [9.17, 15) is 10.2 Å². The summed E-state index contributed by atoms with van der Waals surface area (Å²) in [5, 5.41) is 19.5. The fraction of sp³-hybridized carbons (Fsp3) is 0. The van der Waals surface area contributed by atoms with Crippen molar-refractivity contribution >= 4 is 21.7 Å². The van der Waals surface area contributed by atoms with Crippen LogP contribution < -0.4 is 0 Å². The number of rotatable bonds is 2. The lowest BCUT2D eigenvalue weighted by atomic mass is 10.1. The first-order valence-corrected chi connectivity index (χ1v) is 5.91. The van der Waals surface area contributed by atoms with Gasteiger partial charge in [0.1, 0.15) is 11.5 Å². The average molecular weight is 291 g/mol. The van der Waals surface area contributed by atoms with Gasteiger partial charge in [-0.3, -0.25) is 0 Å². The molecule has 0 fully saturated rings. The van der Waals surface area contributed by atoms with E-state index >= 15 is 0 Å². The third kappa shape index (κ3) is 2.88. The maximum Gasteiger partial charge on any atom is 0.126 e. The first-order chi connectivity index (χ1) is 8.16. The predicted octanol–water partition coefficient (Wildman–Crippen LogP) is 4.11. The van der Waals surface area contributed by atoms with Gasteiger partial charge in [0.2, 0.25) is 0 Å². The van der Waals surface area contributed by atoms with E-state index in [0.29, 0.717) is 5.56 Å². The number of aliphatic hydroxyl groups is 1. The molecule has 2 N–H and O–H groups in total. The highest BCUT2D eigenvalue weighted by Crippen LogP contribution is 2.27. The highest BCUT2D eigenvalue weighted by Gasteiger charge is 2.05. The number of halogens is 1. The fourth-order valence-electron chi connectivity index (χ4n) is 1.48. The number of allylic oxidation sites excluding steroid dienone is 7. The number of aromatic hydroxyl groups is 1. The summed E-state index contributed by atoms with van der Waals surface area (Å²) in [5.41, 5.74) is 1.41. The number of phenolic OH excluding ortho intramolecular Hbond substituents is 1. The minimum Gasteiger partial charge on any atom is -0.507 e. The molecule has 0 saturated carbocycles. The molecule has 0 spiro atoms. The van der Waals surface area contributed by atoms with Gasteiger partial charge in [0.15, 0.2) is 0 Å². The summed E-state index contributed by atoms with van der Waals surface area (Å²) in [6.07, 6.45) is 11.1. The molecular formula is C14H11BrO2. The van der Waals surface area contributed by atoms with E-state index in [-0.39, 0.29) is 11.5 Å². The Kier molecular flexibility index (Phi) is 3.49. The van der Waals surface area contributed by atoms with Gasteiger partial charge in [-0.2, -0.15) is 0 Å². The normalized spacial score (nSPS) is 14.4. The van der Waals surface area contributed by atoms with Crippen molar-refractivity contribution in [1.82, 2.24) is 0 Å². The van der Waals surface area contributed by atoms with Crippen LogP contribution in [0.3, 0.4) is 0 Å². The molecule has 0 amide bonds. The summed E-state index contributed by atoms with van der Waals surface area (Å²) >= 11 is 3.29. The van der Waals surface area contributed by atoms with Gasteiger partial charge in [0.05, 0.1) is 5.56 Å². The number of phenols is 1. The van der Waals surface area contributed by atoms with Crippen LogP contribution in [0.15, 0.2) is 64.7 Å². The Morgan fingerprint density at radius 3 is 2.59 bits per heavy atom. The van der Waals surface area contributed by atoms with Crippen LogP contribution in [0.2, 0.25) is 0 Å². The van der Waals surface area contributed by atoms with Crippen molar-refractivity contribution in [3.8, 4) is 5.75 Å². The Morgan fingerprint density at radius 2 is 1.88 bits per heavy atom. The molecule has 2 nitrogen and oxygen atoms in total. The van der Waals surface area contributed by atoms with Gasteiger partial charge in [0.25, 0.3) is 0 Å². The molecule has 0 aromatic heterocycles. The summed E-state index contributed by atoms with van der Waals surface area (Å²) in [5.74, 6) is 0.0860. The largest absolute Gasteiger partial charge is 0.507 e. The van der Waals surface area contributed by atoms with Crippen molar-refractivity contribution in [1.29, 1.82) is 0 Å². The molecule has 2 rings (SSSR count). The molecule has 17 heavy (non-hydrogen) atoms. The summed E-state index contributed by atoms with van der Waals surface area (Å²) in [7, 11) is 0. The molecule has 0 radical (unpaired) electrons. The minimum absolute atomic E-state index is 0.0324. The summed E-state index contributed by atoms with van der Waals surface area (Å²) in [6.45, 7) is 0. The molecule has 0 unspecified atom stereocenters. The SMILES string of the molecule is OC(=CC=C1C=CC=C1)c1cc(Br)ccc1O. The Bertz CT molecular complexity index is 537. The number of hydrogen-bond acceptors (Lipinski definition) is 2. The van der Waals surface area contributed by atoms with Gasteiger partial charge in [-0.05, 0) is 29.8 Å². The maximum atomic E-state index is 9.87. The molecule has 1 aliphatic carbocycles. The third-order valence-electron chi connectivity index (χ3n) is 2.36. The molecule has 1 aliphatic rings. The summed E-state index contributed by atoms with van der Waals surface area (Å²) < 4.78 is 0.804. The van der Waals surface area contributed by atoms with E-state index in [2.05, 4.69) is 15.9 Å². The second-order valence-electron chi connectivity index (χ2n) is 3.60. The Hall–Kier alpha value is -1.74. The van der Waals surface area contributed by atoms with Crippen molar-refractivity contribution in [2.45, 2.75) is 0 Å². The predicted molar refractivity (Wildman–Crippen MR) is 72.8 cm³/mol. The number of benzene rings is 1. The van der Waals surface area contributed by atoms with Crippen LogP contribution in [0.25, 0.3) is 5.76 Å². The van der Waals surface area contributed by atoms with Crippen LogP contribution in [-0.4, -0.2) is 10.2 Å². The zero-order valence-corrected chi connectivity index (χ0v) is 10.6. The van der Waals surface area contributed by atoms with Crippen molar-refractivity contribution < 1.29 is 10.2 Å². The van der Waals surface area contributed by atoms with Crippen LogP contribution in [0.5, 0.6) is 5.75 Å². The first kappa shape index (κ1) is 11.7. The Balaban J connectivity index is 2.30. The van der Waals surface area contributed by atoms with Gasteiger partial charge in [0, 0.05) is 4.47 Å². The zero-order chi connectivity index (χ0) is 12.3. The van der Waals surface area contributed by atoms with Crippen molar-refractivity contribution in [3.05, 3.63) is 70.3 Å². The van der Waals surface area contributed by atoms with Gasteiger partial charge in [-0.15, -0.1) is 0 Å². The van der Waals surface area contributed by atoms with Crippen molar-refractivity contribution in [2.24, 2.45) is 0 Å². The summed E-state index contributed by atoms with van der Waals surface area (Å²) in [6, 6.07) is 4.92. The lowest BCUT2D eigenvalue weighted by Crippen LogP contribution is -1.84. The maximum absolute atomic E-state index is 9.87. The molecule has 0 atom stereocenters. The van der Waals surface area contributed by atoms with Crippen LogP contribution in [0, 0.1) is 0 Å². The standard InChI is InChI=1S/C14H11BrO2/c15-11-6-8-14(17)12(9-11)13(16)7-5-10-3-1-2-4-10/h1-9,16-17H. The van der Waals surface area contributed by atoms with Crippen LogP contribution in [-0.2, 0) is 0 Å². The molecule has 3 heteroatoms. The molecule has 0 bridgehead atoms. The van der Waals surface area contributed by atoms with E-state index in [0.717, 1.165) is 10.0 Å². The van der Waals surface area contributed by atoms with Crippen LogP contribution in [0.4, 0.5) is 0 Å². The molecule has 0 aliphatic heterocycles. The average Bonchev–Trinajstić information content (AvgIpc) is 2.82. The lowest BCUT2D eigenvalue weighted by molar-refractivity contribution is 0.460. The Morgan fingerprint density at radius 1 is 1.18 bits per heavy atom. The topological polar surface area (TPSA) is 40.5 Å². The highest BCUT2D eigenvalue weighted by molar-refractivity contribution is 9.10. The lowest BCUT2D eigenvalue weighted by Gasteiger charge is -2.03. The van der Waals surface area contributed by atoms with E-state index in [1.165, 1.54) is 6.07 Å². The third-order valence-corrected chi connectivity index (χ3v) is 2.85. The summed E-state index contributed by atoms with van der Waals surface area (Å²) in [4.78, 5) is 0. The smallest absolute Gasteiger partial charge is 0.126 e. The van der Waals surface area contributed by atoms with E-state index in [4.69, 9.17) is 0 Å². The number of hydrogen-bond donors (Lipinski definition) is 2. The number of aliphatic hydroxyl groups excluding tert-OH is 1. The van der Waals surface area contributed by atoms with Gasteiger partial charge in [-0.25, -0.2) is 0 Å². The molecule has 1 aromatic rings. The quantitative estimate of drug-likeness (QED) is 0.805. The van der Waals surface area contributed by atoms with Crippen LogP contribution >= 0.6 is 15.9 Å². The van der Waals surface area contributed by atoms with Gasteiger partial charge >= 0.3 is 0 Å². The monoisotopic (exact) mass is 290 g/mol. The van der Waals surface area contributed by atoms with Crippen LogP contribution in [0.1, 0.15) is 5.56 Å². The fourth-order valence-corrected chi connectivity index (χ4v) is 1.84. The molecule has 1 aromatic carbocycles. The van der Waals surface area contributed by atoms with Crippen molar-refractivity contribution in [2.75, 3.05) is 0 Å². The van der Waals surface area contributed by atoms with E-state index in [1.54, 1.807) is 24.3 Å². The van der Waals surface area contributed by atoms with Gasteiger partial charge in [-0.1, -0.05) is 46.3 Å². The molecule has 86 valence electrons. The molecular weight excluding hydrogens is 280 g/mol. The van der Waals surface area contributed by atoms with E-state index < -0.39 is 0 Å². The zero-order valence-electron chi connectivity index (χ0n) is 8.97. The van der Waals surface area contributed by atoms with Crippen molar-refractivity contribution in [3.63, 3.8) is 0 Å². The minimum atomic E-state index is 0.0324. The Labute approximate surface area is 108 Å². The second-order valence-corrected chi connectivity index (χ2v) is 4.51. The molecule has 0 heterocycles.